The van der Waals surface area contributed by atoms with E-state index < -0.39 is 6.29 Å². The van der Waals surface area contributed by atoms with E-state index in [9.17, 15) is 5.11 Å². The molecule has 62 valence electrons. The lowest BCUT2D eigenvalue weighted by Crippen LogP contribution is -2.09. The third-order valence-corrected chi connectivity index (χ3v) is 2.60. The van der Waals surface area contributed by atoms with Crippen LogP contribution >= 0.6 is 11.9 Å². The Balaban J connectivity index is 2.22. The monoisotopic (exact) mass is 182 g/mol. The molecule has 1 aliphatic rings. The Hall–Kier alpha value is -0.870. The Morgan fingerprint density at radius 3 is 2.67 bits per heavy atom. The van der Waals surface area contributed by atoms with E-state index in [-0.39, 0.29) is 5.25 Å². The number of rotatable bonds is 1. The van der Waals surface area contributed by atoms with Crippen LogP contribution in [0, 0.1) is 4.54 Å². The van der Waals surface area contributed by atoms with Gasteiger partial charge in [0.1, 0.15) is 11.9 Å². The van der Waals surface area contributed by atoms with Crippen LogP contribution in [-0.2, 0) is 0 Å². The van der Waals surface area contributed by atoms with Crippen LogP contribution in [0.4, 0.5) is 0 Å². The van der Waals surface area contributed by atoms with Crippen LogP contribution < -0.4 is 0 Å². The summed E-state index contributed by atoms with van der Waals surface area (Å²) in [6.07, 6.45) is -0.808. The van der Waals surface area contributed by atoms with Crippen LogP contribution in [0.5, 0.6) is 0 Å². The molecular formula is C8H8NO2S+. The van der Waals surface area contributed by atoms with Crippen LogP contribution in [0.3, 0.4) is 0 Å². The van der Waals surface area contributed by atoms with E-state index in [2.05, 4.69) is 9.12 Å². The molecule has 2 unspecified atom stereocenters. The SMILES string of the molecule is OC1[O+]=NSC1c1ccccc1. The molecule has 4 heteroatoms. The molecule has 0 bridgehead atoms. The molecule has 3 nitrogen and oxygen atoms in total. The first-order valence-electron chi connectivity index (χ1n) is 3.63. The zero-order valence-electron chi connectivity index (χ0n) is 6.25. The summed E-state index contributed by atoms with van der Waals surface area (Å²) in [4.78, 5) is 0. The Morgan fingerprint density at radius 2 is 2.08 bits per heavy atom. The smallest absolute Gasteiger partial charge is 0.308 e. The number of hydrogen-bond acceptors (Lipinski definition) is 3. The molecule has 2 atom stereocenters. The van der Waals surface area contributed by atoms with Crippen LogP contribution in [-0.4, -0.2) is 11.4 Å². The molecule has 0 radical (unpaired) electrons. The van der Waals surface area contributed by atoms with Gasteiger partial charge in [-0.2, -0.15) is 0 Å². The van der Waals surface area contributed by atoms with E-state index in [1.807, 2.05) is 30.3 Å². The average Bonchev–Trinajstić information content (AvgIpc) is 2.53. The van der Waals surface area contributed by atoms with Gasteiger partial charge in [-0.25, -0.2) is 0 Å². The van der Waals surface area contributed by atoms with Gasteiger partial charge >= 0.3 is 6.29 Å². The minimum absolute atomic E-state index is 0.0776. The summed E-state index contributed by atoms with van der Waals surface area (Å²) in [5.41, 5.74) is 1.04. The van der Waals surface area contributed by atoms with Crippen molar-refractivity contribution in [1.29, 1.82) is 0 Å². The maximum absolute atomic E-state index is 9.31. The van der Waals surface area contributed by atoms with Gasteiger partial charge in [-0.15, -0.1) is 0 Å². The lowest BCUT2D eigenvalue weighted by atomic mass is 10.1. The molecule has 1 aliphatic heterocycles. The second-order valence-corrected chi connectivity index (χ2v) is 3.37. The van der Waals surface area contributed by atoms with E-state index in [1.54, 1.807) is 0 Å². The largest absolute Gasteiger partial charge is 0.438 e. The molecule has 1 aromatic carbocycles. The highest BCUT2D eigenvalue weighted by molar-refractivity contribution is 7.98. The van der Waals surface area contributed by atoms with Gasteiger partial charge in [-0.1, -0.05) is 34.9 Å². The number of aliphatic hydroxyl groups excluding tert-OH is 1. The molecule has 1 aromatic rings. The summed E-state index contributed by atoms with van der Waals surface area (Å²) >= 11 is 1.26. The van der Waals surface area contributed by atoms with Crippen LogP contribution in [0.25, 0.3) is 0 Å². The van der Waals surface area contributed by atoms with Crippen molar-refractivity contribution >= 4 is 11.9 Å². The van der Waals surface area contributed by atoms with Crippen molar-refractivity contribution < 1.29 is 5.11 Å². The Morgan fingerprint density at radius 1 is 1.33 bits per heavy atom. The summed E-state index contributed by atoms with van der Waals surface area (Å²) in [7, 11) is 0. The molecule has 1 heterocycles. The van der Waals surface area contributed by atoms with Crippen molar-refractivity contribution in [1.82, 2.24) is 0 Å². The lowest BCUT2D eigenvalue weighted by molar-refractivity contribution is 0.218. The molecule has 12 heavy (non-hydrogen) atoms. The molecule has 1 N–H and O–H groups in total. The summed E-state index contributed by atoms with van der Waals surface area (Å²) in [5.74, 6) is 0. The summed E-state index contributed by atoms with van der Waals surface area (Å²) in [6.45, 7) is 0. The molecule has 2 rings (SSSR count). The van der Waals surface area contributed by atoms with Crippen molar-refractivity contribution in [2.75, 3.05) is 0 Å². The Bertz CT molecular complexity index is 288. The minimum atomic E-state index is -0.808. The van der Waals surface area contributed by atoms with Gasteiger partial charge in [0, 0.05) is 0 Å². The predicted molar refractivity (Wildman–Crippen MR) is 48.6 cm³/mol. The highest BCUT2D eigenvalue weighted by Crippen LogP contribution is 2.37. The maximum atomic E-state index is 9.31. The fraction of sp³-hybridized carbons (Fsp3) is 0.250. The van der Waals surface area contributed by atoms with E-state index in [0.717, 1.165) is 5.56 Å². The predicted octanol–water partition coefficient (Wildman–Crippen LogP) is 2.01. The first-order valence-corrected chi connectivity index (χ1v) is 4.46. The molecule has 0 aromatic heterocycles. The first-order chi connectivity index (χ1) is 5.88. The van der Waals surface area contributed by atoms with Crippen molar-refractivity contribution in [3.05, 3.63) is 40.4 Å². The van der Waals surface area contributed by atoms with Gasteiger partial charge in [-0.3, -0.25) is 0 Å². The number of nitroso groups, excluding NO2 is 1. The summed E-state index contributed by atoms with van der Waals surface area (Å²) in [6, 6.07) is 9.70. The van der Waals surface area contributed by atoms with E-state index in [4.69, 9.17) is 0 Å². The summed E-state index contributed by atoms with van der Waals surface area (Å²) in [5, 5.41) is 9.23. The van der Waals surface area contributed by atoms with Crippen LogP contribution in [0.2, 0.25) is 0 Å². The van der Waals surface area contributed by atoms with E-state index >= 15 is 0 Å². The molecule has 0 amide bonds. The van der Waals surface area contributed by atoms with Gasteiger partial charge in [0.05, 0.1) is 0 Å². The lowest BCUT2D eigenvalue weighted by Gasteiger charge is -2.01. The van der Waals surface area contributed by atoms with Crippen molar-refractivity contribution in [3.63, 3.8) is 0 Å². The third kappa shape index (κ3) is 1.35. The van der Waals surface area contributed by atoms with Gasteiger partial charge in [0.2, 0.25) is 0 Å². The number of benzene rings is 1. The average molecular weight is 182 g/mol. The van der Waals surface area contributed by atoms with Crippen LogP contribution in [0.15, 0.2) is 34.9 Å². The van der Waals surface area contributed by atoms with E-state index in [0.29, 0.717) is 0 Å². The molecule has 0 aliphatic carbocycles. The minimum Gasteiger partial charge on any atom is -0.308 e. The topological polar surface area (TPSA) is 43.9 Å². The highest BCUT2D eigenvalue weighted by Gasteiger charge is 2.38. The zero-order valence-corrected chi connectivity index (χ0v) is 7.07. The molecule has 0 saturated heterocycles. The van der Waals surface area contributed by atoms with E-state index in [1.165, 1.54) is 11.9 Å². The Labute approximate surface area is 74.2 Å². The quantitative estimate of drug-likeness (QED) is 0.533. The number of nitrogens with zero attached hydrogens (tertiary/aromatic N) is 1. The fourth-order valence-corrected chi connectivity index (χ4v) is 1.75. The zero-order chi connectivity index (χ0) is 8.39. The highest BCUT2D eigenvalue weighted by atomic mass is 32.2. The van der Waals surface area contributed by atoms with Gasteiger partial charge in [0.25, 0.3) is 0 Å². The number of hydrogen-bond donors (Lipinski definition) is 1. The molecule has 0 fully saturated rings. The molecule has 0 saturated carbocycles. The normalized spacial score (nSPS) is 27.8. The standard InChI is InChI=1S/C8H8NO2S/c10-8-7(12-9-11-8)6-4-2-1-3-5-6/h1-5,7-8,10H/q+1. The second-order valence-electron chi connectivity index (χ2n) is 2.51. The van der Waals surface area contributed by atoms with Crippen LogP contribution in [0.1, 0.15) is 10.8 Å². The molecule has 0 spiro atoms. The Kier molecular flexibility index (Phi) is 2.10. The first kappa shape index (κ1) is 7.76. The summed E-state index contributed by atoms with van der Waals surface area (Å²) < 4.78 is 8.25. The van der Waals surface area contributed by atoms with Gasteiger partial charge < -0.3 is 5.11 Å². The van der Waals surface area contributed by atoms with Crippen molar-refractivity contribution in [2.45, 2.75) is 11.5 Å². The van der Waals surface area contributed by atoms with Crippen molar-refractivity contribution in [3.8, 4) is 0 Å². The van der Waals surface area contributed by atoms with Gasteiger partial charge in [0.15, 0.2) is 9.83 Å². The van der Waals surface area contributed by atoms with Gasteiger partial charge in [-0.05, 0) is 5.56 Å². The fourth-order valence-electron chi connectivity index (χ4n) is 1.09. The van der Waals surface area contributed by atoms with Crippen molar-refractivity contribution in [2.24, 2.45) is 4.58 Å². The number of aliphatic hydroxyl groups is 1. The second kappa shape index (κ2) is 3.25. The maximum Gasteiger partial charge on any atom is 0.438 e. The third-order valence-electron chi connectivity index (χ3n) is 1.69. The molecular weight excluding hydrogens is 174 g/mol.